The van der Waals surface area contributed by atoms with Gasteiger partial charge in [-0.25, -0.2) is 0 Å². The number of rotatable bonds is 0. The van der Waals surface area contributed by atoms with E-state index in [-0.39, 0.29) is 0 Å². The van der Waals surface area contributed by atoms with E-state index >= 15 is 0 Å². The topological polar surface area (TPSA) is 49.0 Å². The summed E-state index contributed by atoms with van der Waals surface area (Å²) < 4.78 is 0. The summed E-state index contributed by atoms with van der Waals surface area (Å²) in [5, 5.41) is 8.10. The zero-order valence-corrected chi connectivity index (χ0v) is 3.16. The largest absolute Gasteiger partial charge is 0.302 e. The first-order valence-electron chi connectivity index (χ1n) is 0.882. The third-order valence-electron chi connectivity index (χ3n) is 0.0873. The average Bonchev–Trinajstić information content (AvgIpc) is 1.38. The van der Waals surface area contributed by atoms with E-state index in [9.17, 15) is 4.79 Å². The number of nitrogens with one attached hydrogen (secondary N) is 1. The Morgan fingerprint density at radius 2 is 2.00 bits per heavy atom. The van der Waals surface area contributed by atoms with E-state index in [2.05, 4.69) is 12.6 Å². The van der Waals surface area contributed by atoms with Gasteiger partial charge in [-0.15, -0.1) is 0 Å². The molecule has 0 aromatic carbocycles. The standard InChI is InChI=1S/CH2NO2S/c3-1(5)2-4/h(H2,2,3,5). The van der Waals surface area contributed by atoms with Crippen molar-refractivity contribution in [2.75, 3.05) is 0 Å². The predicted octanol–water partition coefficient (Wildman–Crippen LogP) is -0.0287. The van der Waals surface area contributed by atoms with Gasteiger partial charge in [-0.05, 0) is 0 Å². The molecular weight excluding hydrogens is 90.1 g/mol. The quantitative estimate of drug-likeness (QED) is 0.320. The predicted molar refractivity (Wildman–Crippen MR) is 18.2 cm³/mol. The Hall–Kier alpha value is -0.220. The summed E-state index contributed by atoms with van der Waals surface area (Å²) in [4.78, 5) is 9.25. The summed E-state index contributed by atoms with van der Waals surface area (Å²) in [5.74, 6) is 0. The average molecular weight is 92.1 g/mol. The normalized spacial score (nSPS) is 6.80. The van der Waals surface area contributed by atoms with Gasteiger partial charge in [-0.2, -0.15) is 5.48 Å². The summed E-state index contributed by atoms with van der Waals surface area (Å²) in [5.41, 5.74) is 1.00. The summed E-state index contributed by atoms with van der Waals surface area (Å²) in [6.45, 7) is 0. The lowest BCUT2D eigenvalue weighted by molar-refractivity contribution is 0.108. The van der Waals surface area contributed by atoms with Crippen LogP contribution in [0.15, 0.2) is 0 Å². The van der Waals surface area contributed by atoms with E-state index < -0.39 is 5.24 Å². The second-order valence-corrected chi connectivity index (χ2v) is 0.813. The molecule has 0 heterocycles. The maximum Gasteiger partial charge on any atom is 0.302 e. The molecule has 0 unspecified atom stereocenters. The Bertz CT molecular complexity index is 44.9. The molecule has 0 aliphatic heterocycles. The van der Waals surface area contributed by atoms with E-state index in [4.69, 9.17) is 5.21 Å². The van der Waals surface area contributed by atoms with Gasteiger partial charge in [-0.3, -0.25) is 4.79 Å². The van der Waals surface area contributed by atoms with E-state index in [1.54, 1.807) is 0 Å². The molecule has 1 radical (unpaired) electrons. The fourth-order valence-electron chi connectivity index (χ4n) is 0. The highest BCUT2D eigenvalue weighted by atomic mass is 32.1. The molecule has 0 fully saturated rings. The molecule has 1 N–H and O–H groups in total. The van der Waals surface area contributed by atoms with Crippen LogP contribution in [0.3, 0.4) is 0 Å². The molecule has 0 bridgehead atoms. The first-order valence-corrected chi connectivity index (χ1v) is 1.33. The van der Waals surface area contributed by atoms with Gasteiger partial charge in [0.1, 0.15) is 0 Å². The molecular formula is CH2NO2S. The number of thiol groups is 1. The zero-order chi connectivity index (χ0) is 4.28. The van der Waals surface area contributed by atoms with Crippen molar-refractivity contribution in [3.8, 4) is 0 Å². The van der Waals surface area contributed by atoms with Gasteiger partial charge in [0.2, 0.25) is 0 Å². The number of hydrogen-bond donors (Lipinski definition) is 2. The number of carbonyl (C=O) groups is 1. The lowest BCUT2D eigenvalue weighted by atomic mass is 11.4. The molecule has 4 heteroatoms. The van der Waals surface area contributed by atoms with E-state index in [1.165, 1.54) is 0 Å². The highest BCUT2D eigenvalue weighted by Gasteiger charge is 1.78. The zero-order valence-electron chi connectivity index (χ0n) is 2.26. The Morgan fingerprint density at radius 3 is 2.00 bits per heavy atom. The molecule has 29 valence electrons. The van der Waals surface area contributed by atoms with Crippen molar-refractivity contribution in [3.05, 3.63) is 0 Å². The maximum absolute atomic E-state index is 9.25. The first-order chi connectivity index (χ1) is 2.27. The van der Waals surface area contributed by atoms with Gasteiger partial charge in [0.05, 0.1) is 0 Å². The SMILES string of the molecule is [O]NC(=O)S. The molecule has 0 atom stereocenters. The Labute approximate surface area is 34.4 Å². The van der Waals surface area contributed by atoms with Crippen LogP contribution in [0.4, 0.5) is 4.79 Å². The molecule has 0 rings (SSSR count). The molecule has 0 aliphatic rings. The third-order valence-corrected chi connectivity index (χ3v) is 0.179. The van der Waals surface area contributed by atoms with Crippen molar-refractivity contribution in [2.24, 2.45) is 0 Å². The van der Waals surface area contributed by atoms with Gasteiger partial charge >= 0.3 is 5.24 Å². The van der Waals surface area contributed by atoms with Crippen molar-refractivity contribution in [1.82, 2.24) is 5.48 Å². The van der Waals surface area contributed by atoms with Gasteiger partial charge in [0.15, 0.2) is 0 Å². The fourth-order valence-corrected chi connectivity index (χ4v) is 0. The van der Waals surface area contributed by atoms with E-state index in [0.29, 0.717) is 0 Å². The molecule has 0 aromatic rings. The van der Waals surface area contributed by atoms with Crippen LogP contribution in [-0.2, 0) is 5.21 Å². The highest BCUT2D eigenvalue weighted by Crippen LogP contribution is 1.67. The fraction of sp³-hybridized carbons (Fsp3) is 0. The van der Waals surface area contributed by atoms with E-state index in [1.807, 2.05) is 0 Å². The van der Waals surface area contributed by atoms with Crippen molar-refractivity contribution >= 4 is 17.9 Å². The van der Waals surface area contributed by atoms with Gasteiger partial charge in [0, 0.05) is 0 Å². The van der Waals surface area contributed by atoms with Gasteiger partial charge in [-0.1, -0.05) is 17.8 Å². The summed E-state index contributed by atoms with van der Waals surface area (Å²) >= 11 is 3.04. The van der Waals surface area contributed by atoms with Crippen LogP contribution in [0.1, 0.15) is 0 Å². The Morgan fingerprint density at radius 1 is 1.80 bits per heavy atom. The molecule has 0 aromatic heterocycles. The first kappa shape index (κ1) is 4.78. The monoisotopic (exact) mass is 92.0 g/mol. The minimum absolute atomic E-state index is 0.856. The van der Waals surface area contributed by atoms with Crippen LogP contribution >= 0.6 is 12.6 Å². The molecule has 0 aliphatic carbocycles. The van der Waals surface area contributed by atoms with Crippen LogP contribution in [0, 0.1) is 0 Å². The van der Waals surface area contributed by atoms with Gasteiger partial charge < -0.3 is 0 Å². The summed E-state index contributed by atoms with van der Waals surface area (Å²) in [6.07, 6.45) is 0. The number of hydrogen-bond acceptors (Lipinski definition) is 1. The second kappa shape index (κ2) is 2.04. The van der Waals surface area contributed by atoms with E-state index in [0.717, 1.165) is 5.48 Å². The maximum atomic E-state index is 9.25. The van der Waals surface area contributed by atoms with Gasteiger partial charge in [0.25, 0.3) is 0 Å². The highest BCUT2D eigenvalue weighted by molar-refractivity contribution is 7.96. The smallest absolute Gasteiger partial charge is 0.260 e. The Kier molecular flexibility index (Phi) is 1.95. The van der Waals surface area contributed by atoms with Crippen LogP contribution in [0.25, 0.3) is 0 Å². The number of hydroxylamine groups is 1. The summed E-state index contributed by atoms with van der Waals surface area (Å²) in [7, 11) is 0. The molecule has 0 saturated carbocycles. The van der Waals surface area contributed by atoms with Crippen LogP contribution in [0.5, 0.6) is 0 Å². The van der Waals surface area contributed by atoms with Crippen LogP contribution in [0.2, 0.25) is 0 Å². The van der Waals surface area contributed by atoms with Crippen LogP contribution in [-0.4, -0.2) is 5.24 Å². The molecule has 0 saturated heterocycles. The number of carbonyl (C=O) groups excluding carboxylic acids is 1. The summed E-state index contributed by atoms with van der Waals surface area (Å²) in [6, 6.07) is 0. The third kappa shape index (κ3) is 3.78. The minimum atomic E-state index is -0.856. The molecule has 0 spiro atoms. The molecule has 1 amide bonds. The second-order valence-electron chi connectivity index (χ2n) is 0.407. The minimum Gasteiger partial charge on any atom is -0.260 e. The molecule has 5 heavy (non-hydrogen) atoms. The van der Waals surface area contributed by atoms with Crippen molar-refractivity contribution < 1.29 is 10.0 Å². The molecule has 3 nitrogen and oxygen atoms in total. The van der Waals surface area contributed by atoms with Crippen LogP contribution < -0.4 is 5.48 Å². The van der Waals surface area contributed by atoms with Crippen molar-refractivity contribution in [2.45, 2.75) is 0 Å². The van der Waals surface area contributed by atoms with Crippen molar-refractivity contribution in [1.29, 1.82) is 0 Å². The lowest BCUT2D eigenvalue weighted by Gasteiger charge is -1.73. The Balaban J connectivity index is 2.85. The lowest BCUT2D eigenvalue weighted by Crippen LogP contribution is -2.05. The number of amides is 1. The van der Waals surface area contributed by atoms with Crippen molar-refractivity contribution in [3.63, 3.8) is 0 Å².